The van der Waals surface area contributed by atoms with E-state index >= 15 is 0 Å². The predicted molar refractivity (Wildman–Crippen MR) is 119 cm³/mol. The highest BCUT2D eigenvalue weighted by Crippen LogP contribution is 2.36. The van der Waals surface area contributed by atoms with Gasteiger partial charge in [0.25, 0.3) is 0 Å². The van der Waals surface area contributed by atoms with Gasteiger partial charge in [0.2, 0.25) is 11.8 Å². The first-order valence-corrected chi connectivity index (χ1v) is 10.9. The molecule has 1 aliphatic rings. The highest BCUT2D eigenvalue weighted by molar-refractivity contribution is 9.10. The number of likely N-dealkylation sites (tertiary alicyclic amines) is 1. The Morgan fingerprint density at radius 1 is 1.14 bits per heavy atom. The van der Waals surface area contributed by atoms with Crippen LogP contribution in [0.4, 0.5) is 5.69 Å². The summed E-state index contributed by atoms with van der Waals surface area (Å²) in [6.45, 7) is 3.86. The number of hydrogen-bond donors (Lipinski definition) is 1. The van der Waals surface area contributed by atoms with Crippen molar-refractivity contribution in [3.63, 3.8) is 0 Å². The number of benzene rings is 2. The summed E-state index contributed by atoms with van der Waals surface area (Å²) in [6.07, 6.45) is 2.43. The van der Waals surface area contributed by atoms with Gasteiger partial charge in [0.1, 0.15) is 0 Å². The second kappa shape index (κ2) is 9.92. The molecule has 29 heavy (non-hydrogen) atoms. The van der Waals surface area contributed by atoms with Crippen molar-refractivity contribution in [1.82, 2.24) is 9.80 Å². The largest absolute Gasteiger partial charge is 0.399 e. The maximum atomic E-state index is 12.9. The van der Waals surface area contributed by atoms with Crippen molar-refractivity contribution in [2.45, 2.75) is 45.2 Å². The standard InChI is InChI=1S/C23H28BrN3O2/c1-2-26(16-17-9-11-18(25)12-10-17)22(28)13-14-23(29)27-15-5-8-21(27)19-6-3-4-7-20(19)24/h3-4,6-7,9-12,21H,2,5,8,13-16,25H2,1H3. The summed E-state index contributed by atoms with van der Waals surface area (Å²) in [5.41, 5.74) is 8.61. The molecule has 2 aromatic carbocycles. The van der Waals surface area contributed by atoms with E-state index in [2.05, 4.69) is 22.0 Å². The number of carbonyl (C=O) groups excluding carboxylic acids is 2. The van der Waals surface area contributed by atoms with Gasteiger partial charge < -0.3 is 15.5 Å². The number of carbonyl (C=O) groups is 2. The summed E-state index contributed by atoms with van der Waals surface area (Å²) >= 11 is 3.60. The van der Waals surface area contributed by atoms with Crippen molar-refractivity contribution in [1.29, 1.82) is 0 Å². The first-order valence-electron chi connectivity index (χ1n) is 10.2. The van der Waals surface area contributed by atoms with Crippen LogP contribution in [0.15, 0.2) is 53.0 Å². The fourth-order valence-electron chi connectivity index (χ4n) is 3.87. The summed E-state index contributed by atoms with van der Waals surface area (Å²) in [5, 5.41) is 0. The van der Waals surface area contributed by atoms with Gasteiger partial charge in [-0.1, -0.05) is 46.3 Å². The van der Waals surface area contributed by atoms with Crippen LogP contribution in [0.2, 0.25) is 0 Å². The third-order valence-electron chi connectivity index (χ3n) is 5.48. The van der Waals surface area contributed by atoms with Gasteiger partial charge in [0.05, 0.1) is 6.04 Å². The van der Waals surface area contributed by atoms with Gasteiger partial charge in [-0.05, 0) is 49.1 Å². The molecule has 0 spiro atoms. The third kappa shape index (κ3) is 5.38. The summed E-state index contributed by atoms with van der Waals surface area (Å²) in [7, 11) is 0. The lowest BCUT2D eigenvalue weighted by Crippen LogP contribution is -2.34. The van der Waals surface area contributed by atoms with Crippen LogP contribution >= 0.6 is 15.9 Å². The van der Waals surface area contributed by atoms with E-state index in [1.807, 2.05) is 54.3 Å². The van der Waals surface area contributed by atoms with Gasteiger partial charge in [-0.15, -0.1) is 0 Å². The summed E-state index contributed by atoms with van der Waals surface area (Å²) < 4.78 is 1.03. The minimum atomic E-state index is 0.00862. The van der Waals surface area contributed by atoms with Crippen LogP contribution in [0.3, 0.4) is 0 Å². The smallest absolute Gasteiger partial charge is 0.223 e. The Morgan fingerprint density at radius 2 is 1.86 bits per heavy atom. The van der Waals surface area contributed by atoms with Crippen LogP contribution in [0.25, 0.3) is 0 Å². The second-order valence-corrected chi connectivity index (χ2v) is 8.27. The molecule has 0 aromatic heterocycles. The molecule has 2 aromatic rings. The van der Waals surface area contributed by atoms with Gasteiger partial charge in [0, 0.05) is 42.6 Å². The van der Waals surface area contributed by atoms with Crippen LogP contribution in [-0.4, -0.2) is 34.7 Å². The molecule has 6 heteroatoms. The molecule has 1 unspecified atom stereocenters. The fourth-order valence-corrected chi connectivity index (χ4v) is 4.42. The molecule has 1 aliphatic heterocycles. The summed E-state index contributed by atoms with van der Waals surface area (Å²) in [5.74, 6) is 0.0643. The monoisotopic (exact) mass is 457 g/mol. The molecule has 1 heterocycles. The molecule has 0 aliphatic carbocycles. The number of halogens is 1. The van der Waals surface area contributed by atoms with Crippen molar-refractivity contribution in [2.24, 2.45) is 0 Å². The first-order chi connectivity index (χ1) is 14.0. The molecular formula is C23H28BrN3O2. The molecule has 1 fully saturated rings. The normalized spacial score (nSPS) is 16.1. The summed E-state index contributed by atoms with van der Waals surface area (Å²) in [4.78, 5) is 29.3. The maximum Gasteiger partial charge on any atom is 0.223 e. The molecular weight excluding hydrogens is 430 g/mol. The molecule has 1 atom stereocenters. The van der Waals surface area contributed by atoms with Gasteiger partial charge in [0.15, 0.2) is 0 Å². The lowest BCUT2D eigenvalue weighted by molar-refractivity contribution is -0.137. The van der Waals surface area contributed by atoms with Crippen molar-refractivity contribution in [3.8, 4) is 0 Å². The maximum absolute atomic E-state index is 12.9. The van der Waals surface area contributed by atoms with Crippen LogP contribution in [0, 0.1) is 0 Å². The Bertz CT molecular complexity index is 853. The molecule has 0 saturated carbocycles. The zero-order valence-electron chi connectivity index (χ0n) is 16.8. The Kier molecular flexibility index (Phi) is 7.31. The van der Waals surface area contributed by atoms with Crippen molar-refractivity contribution < 1.29 is 9.59 Å². The number of nitrogen functional groups attached to an aromatic ring is 1. The van der Waals surface area contributed by atoms with E-state index in [1.165, 1.54) is 0 Å². The zero-order valence-corrected chi connectivity index (χ0v) is 18.4. The SMILES string of the molecule is CCN(Cc1ccc(N)cc1)C(=O)CCC(=O)N1CCCC1c1ccccc1Br. The van der Waals surface area contributed by atoms with E-state index in [0.717, 1.165) is 35.0 Å². The van der Waals surface area contributed by atoms with E-state index < -0.39 is 0 Å². The molecule has 2 amide bonds. The lowest BCUT2D eigenvalue weighted by atomic mass is 10.0. The molecule has 2 N–H and O–H groups in total. The Labute approximate surface area is 181 Å². The highest BCUT2D eigenvalue weighted by atomic mass is 79.9. The van der Waals surface area contributed by atoms with Crippen molar-refractivity contribution in [3.05, 3.63) is 64.1 Å². The first kappa shape index (κ1) is 21.4. The number of anilines is 1. The minimum absolute atomic E-state index is 0.00862. The Balaban J connectivity index is 1.57. The number of hydrogen-bond acceptors (Lipinski definition) is 3. The van der Waals surface area contributed by atoms with E-state index in [0.29, 0.717) is 18.8 Å². The third-order valence-corrected chi connectivity index (χ3v) is 6.20. The number of rotatable bonds is 7. The molecule has 0 radical (unpaired) electrons. The fraction of sp³-hybridized carbons (Fsp3) is 0.391. The van der Waals surface area contributed by atoms with Crippen molar-refractivity contribution in [2.75, 3.05) is 18.8 Å². The average molecular weight is 458 g/mol. The molecule has 1 saturated heterocycles. The van der Waals surface area contributed by atoms with E-state index in [1.54, 1.807) is 4.90 Å². The second-order valence-electron chi connectivity index (χ2n) is 7.42. The van der Waals surface area contributed by atoms with Gasteiger partial charge >= 0.3 is 0 Å². The van der Waals surface area contributed by atoms with Gasteiger partial charge in [-0.25, -0.2) is 0 Å². The number of amides is 2. The van der Waals surface area contributed by atoms with Gasteiger partial charge in [-0.3, -0.25) is 9.59 Å². The van der Waals surface area contributed by atoms with Crippen LogP contribution in [0.1, 0.15) is 49.8 Å². The van der Waals surface area contributed by atoms with E-state index in [9.17, 15) is 9.59 Å². The van der Waals surface area contributed by atoms with Crippen LogP contribution in [-0.2, 0) is 16.1 Å². The van der Waals surface area contributed by atoms with E-state index in [4.69, 9.17) is 5.73 Å². The van der Waals surface area contributed by atoms with Gasteiger partial charge in [-0.2, -0.15) is 0 Å². The molecule has 5 nitrogen and oxygen atoms in total. The topological polar surface area (TPSA) is 66.6 Å². The predicted octanol–water partition coefficient (Wildman–Crippen LogP) is 4.52. The summed E-state index contributed by atoms with van der Waals surface area (Å²) in [6, 6.07) is 15.7. The van der Waals surface area contributed by atoms with Crippen LogP contribution < -0.4 is 5.73 Å². The Hall–Kier alpha value is -2.34. The number of nitrogens with zero attached hydrogens (tertiary/aromatic N) is 2. The molecule has 3 rings (SSSR count). The quantitative estimate of drug-likeness (QED) is 0.621. The zero-order chi connectivity index (χ0) is 20.8. The Morgan fingerprint density at radius 3 is 2.55 bits per heavy atom. The highest BCUT2D eigenvalue weighted by Gasteiger charge is 2.31. The molecule has 154 valence electrons. The van der Waals surface area contributed by atoms with Crippen LogP contribution in [0.5, 0.6) is 0 Å². The van der Waals surface area contributed by atoms with Crippen molar-refractivity contribution >= 4 is 33.4 Å². The minimum Gasteiger partial charge on any atom is -0.399 e. The lowest BCUT2D eigenvalue weighted by Gasteiger charge is -2.26. The average Bonchev–Trinajstić information content (AvgIpc) is 3.21. The molecule has 0 bridgehead atoms. The van der Waals surface area contributed by atoms with E-state index in [-0.39, 0.29) is 30.7 Å². The number of nitrogens with two attached hydrogens (primary N) is 1.